The maximum atomic E-state index is 12.0. The van der Waals surface area contributed by atoms with E-state index >= 15 is 0 Å². The van der Waals surface area contributed by atoms with Gasteiger partial charge in [0.25, 0.3) is 0 Å². The Bertz CT molecular complexity index is 121. The van der Waals surface area contributed by atoms with E-state index < -0.39 is 12.1 Å². The fourth-order valence-electron chi connectivity index (χ4n) is 1.25. The predicted molar refractivity (Wildman–Crippen MR) is 31.6 cm³/mol. The highest BCUT2D eigenvalue weighted by Crippen LogP contribution is 2.33. The first kappa shape index (κ1) is 7.85. The molecule has 1 heterocycles. The van der Waals surface area contributed by atoms with Crippen LogP contribution in [-0.2, 0) is 0 Å². The second-order valence-corrected chi connectivity index (χ2v) is 2.78. The summed E-state index contributed by atoms with van der Waals surface area (Å²) >= 11 is 0. The third-order valence-corrected chi connectivity index (χ3v) is 1.94. The lowest BCUT2D eigenvalue weighted by Crippen LogP contribution is -2.28. The molecular formula is C6H10F3N. The highest BCUT2D eigenvalue weighted by atomic mass is 19.4. The fourth-order valence-corrected chi connectivity index (χ4v) is 1.25. The van der Waals surface area contributed by atoms with E-state index in [4.69, 9.17) is 0 Å². The van der Waals surface area contributed by atoms with Gasteiger partial charge in [-0.05, 0) is 12.5 Å². The van der Waals surface area contributed by atoms with Gasteiger partial charge in [0.05, 0.1) is 5.92 Å². The molecule has 0 radical (unpaired) electrons. The van der Waals surface area contributed by atoms with Crippen LogP contribution in [0.4, 0.5) is 13.2 Å². The summed E-state index contributed by atoms with van der Waals surface area (Å²) in [5.41, 5.74) is 0. The van der Waals surface area contributed by atoms with E-state index in [9.17, 15) is 13.2 Å². The molecule has 10 heavy (non-hydrogen) atoms. The molecule has 1 aliphatic heterocycles. The van der Waals surface area contributed by atoms with E-state index in [1.54, 1.807) is 6.92 Å². The van der Waals surface area contributed by atoms with Gasteiger partial charge in [-0.1, -0.05) is 6.92 Å². The maximum Gasteiger partial charge on any atom is 0.393 e. The molecule has 0 saturated carbocycles. The molecule has 1 N–H and O–H groups in total. The molecule has 0 spiro atoms. The van der Waals surface area contributed by atoms with Crippen molar-refractivity contribution in [3.63, 3.8) is 0 Å². The molecule has 0 aromatic rings. The van der Waals surface area contributed by atoms with Gasteiger partial charge in [0.15, 0.2) is 0 Å². The Morgan fingerprint density at radius 2 is 1.90 bits per heavy atom. The molecule has 60 valence electrons. The lowest BCUT2D eigenvalue weighted by Gasteiger charge is -2.17. The second kappa shape index (κ2) is 2.42. The van der Waals surface area contributed by atoms with Gasteiger partial charge in [-0.25, -0.2) is 0 Å². The average molecular weight is 153 g/mol. The van der Waals surface area contributed by atoms with E-state index in [1.807, 2.05) is 0 Å². The summed E-state index contributed by atoms with van der Waals surface area (Å²) < 4.78 is 35.9. The highest BCUT2D eigenvalue weighted by molar-refractivity contribution is 4.82. The average Bonchev–Trinajstić information content (AvgIpc) is 2.11. The molecule has 0 aromatic heterocycles. The number of rotatable bonds is 0. The van der Waals surface area contributed by atoms with Crippen LogP contribution in [0, 0.1) is 11.8 Å². The van der Waals surface area contributed by atoms with Crippen LogP contribution >= 0.6 is 0 Å². The van der Waals surface area contributed by atoms with Crippen LogP contribution in [0.3, 0.4) is 0 Å². The second-order valence-electron chi connectivity index (χ2n) is 2.78. The van der Waals surface area contributed by atoms with Crippen LogP contribution in [0.2, 0.25) is 0 Å². The van der Waals surface area contributed by atoms with Crippen LogP contribution in [0.15, 0.2) is 0 Å². The summed E-state index contributed by atoms with van der Waals surface area (Å²) in [5, 5.41) is 2.71. The number of hydrogen-bond donors (Lipinski definition) is 1. The zero-order chi connectivity index (χ0) is 7.78. The van der Waals surface area contributed by atoms with Crippen molar-refractivity contribution in [3.8, 4) is 0 Å². The number of nitrogens with one attached hydrogen (secondary N) is 1. The lowest BCUT2D eigenvalue weighted by atomic mass is 9.98. The first-order valence-electron chi connectivity index (χ1n) is 3.29. The molecule has 0 aromatic carbocycles. The van der Waals surface area contributed by atoms with Gasteiger partial charge in [-0.2, -0.15) is 13.2 Å². The quantitative estimate of drug-likeness (QED) is 0.554. The van der Waals surface area contributed by atoms with Gasteiger partial charge in [0.1, 0.15) is 0 Å². The van der Waals surface area contributed by atoms with Crippen LogP contribution < -0.4 is 5.32 Å². The van der Waals surface area contributed by atoms with Crippen LogP contribution in [0.1, 0.15) is 6.92 Å². The Morgan fingerprint density at radius 3 is 2.10 bits per heavy atom. The van der Waals surface area contributed by atoms with E-state index in [1.165, 1.54) is 0 Å². The van der Waals surface area contributed by atoms with Crippen molar-refractivity contribution in [3.05, 3.63) is 0 Å². The highest BCUT2D eigenvalue weighted by Gasteiger charge is 2.44. The lowest BCUT2D eigenvalue weighted by molar-refractivity contribution is -0.177. The molecule has 1 aliphatic rings. The van der Waals surface area contributed by atoms with Gasteiger partial charge in [-0.15, -0.1) is 0 Å². The first-order chi connectivity index (χ1) is 4.52. The van der Waals surface area contributed by atoms with E-state index in [0.29, 0.717) is 6.54 Å². The van der Waals surface area contributed by atoms with E-state index in [0.717, 1.165) is 0 Å². The van der Waals surface area contributed by atoms with Crippen LogP contribution in [0.5, 0.6) is 0 Å². The molecule has 2 atom stereocenters. The van der Waals surface area contributed by atoms with Crippen molar-refractivity contribution in [1.82, 2.24) is 5.32 Å². The zero-order valence-corrected chi connectivity index (χ0v) is 5.70. The van der Waals surface area contributed by atoms with Gasteiger partial charge in [0.2, 0.25) is 0 Å². The molecule has 0 unspecified atom stereocenters. The molecule has 1 saturated heterocycles. The van der Waals surface area contributed by atoms with Gasteiger partial charge < -0.3 is 5.32 Å². The minimum absolute atomic E-state index is 0.0880. The molecule has 1 nitrogen and oxygen atoms in total. The smallest absolute Gasteiger partial charge is 0.316 e. The monoisotopic (exact) mass is 153 g/mol. The maximum absolute atomic E-state index is 12.0. The van der Waals surface area contributed by atoms with Gasteiger partial charge in [0, 0.05) is 6.54 Å². The van der Waals surface area contributed by atoms with Crippen molar-refractivity contribution in [2.45, 2.75) is 13.1 Å². The number of hydrogen-bond acceptors (Lipinski definition) is 1. The minimum atomic E-state index is -4.01. The van der Waals surface area contributed by atoms with E-state index in [-0.39, 0.29) is 12.5 Å². The largest absolute Gasteiger partial charge is 0.393 e. The zero-order valence-electron chi connectivity index (χ0n) is 5.70. The summed E-state index contributed by atoms with van der Waals surface area (Å²) in [6.07, 6.45) is -4.01. The number of halogens is 3. The molecular weight excluding hydrogens is 143 g/mol. The topological polar surface area (TPSA) is 12.0 Å². The predicted octanol–water partition coefficient (Wildman–Crippen LogP) is 1.40. The van der Waals surface area contributed by atoms with Crippen molar-refractivity contribution in [1.29, 1.82) is 0 Å². The SMILES string of the molecule is C[C@@H]1CNC[C@H]1C(F)(F)F. The minimum Gasteiger partial charge on any atom is -0.316 e. The van der Waals surface area contributed by atoms with Crippen LogP contribution in [-0.4, -0.2) is 19.3 Å². The van der Waals surface area contributed by atoms with Gasteiger partial charge in [-0.3, -0.25) is 0 Å². The van der Waals surface area contributed by atoms with Crippen molar-refractivity contribution < 1.29 is 13.2 Å². The Balaban J connectivity index is 2.55. The third-order valence-electron chi connectivity index (χ3n) is 1.94. The summed E-state index contributed by atoms with van der Waals surface area (Å²) in [6.45, 7) is 2.20. The van der Waals surface area contributed by atoms with Crippen molar-refractivity contribution in [2.24, 2.45) is 11.8 Å². The Morgan fingerprint density at radius 1 is 1.30 bits per heavy atom. The molecule has 4 heteroatoms. The summed E-state index contributed by atoms with van der Waals surface area (Å²) in [5.74, 6) is -1.40. The molecule has 0 aliphatic carbocycles. The normalized spacial score (nSPS) is 34.8. The summed E-state index contributed by atoms with van der Waals surface area (Å²) in [4.78, 5) is 0. The number of alkyl halides is 3. The van der Waals surface area contributed by atoms with Crippen LogP contribution in [0.25, 0.3) is 0 Å². The summed E-state index contributed by atoms with van der Waals surface area (Å²) in [7, 11) is 0. The van der Waals surface area contributed by atoms with Gasteiger partial charge >= 0.3 is 6.18 Å². The van der Waals surface area contributed by atoms with Crippen molar-refractivity contribution >= 4 is 0 Å². The third kappa shape index (κ3) is 1.42. The van der Waals surface area contributed by atoms with E-state index in [2.05, 4.69) is 5.32 Å². The van der Waals surface area contributed by atoms with Crippen molar-refractivity contribution in [2.75, 3.05) is 13.1 Å². The fraction of sp³-hybridized carbons (Fsp3) is 1.00. The standard InChI is InChI=1S/C6H10F3N/c1-4-2-10-3-5(4)6(7,8)9/h4-5,10H,2-3H2,1H3/t4-,5-/m1/s1. The molecule has 0 bridgehead atoms. The Kier molecular flexibility index (Phi) is 1.90. The Labute approximate surface area is 57.6 Å². The Hall–Kier alpha value is -0.250. The molecule has 1 fully saturated rings. The molecule has 0 amide bonds. The first-order valence-corrected chi connectivity index (χ1v) is 3.29. The summed E-state index contributed by atoms with van der Waals surface area (Å²) in [6, 6.07) is 0. The molecule has 1 rings (SSSR count).